The molecule has 0 nitrogen and oxygen atoms in total. The van der Waals surface area contributed by atoms with Crippen LogP contribution in [0.15, 0.2) is 30.3 Å². The summed E-state index contributed by atoms with van der Waals surface area (Å²) in [7, 11) is 0. The van der Waals surface area contributed by atoms with E-state index in [4.69, 9.17) is 11.6 Å². The van der Waals surface area contributed by atoms with Crippen LogP contribution in [0.5, 0.6) is 0 Å². The lowest BCUT2D eigenvalue weighted by molar-refractivity contribution is 1.10. The molecule has 1 aromatic rings. The number of hydrogen-bond donors (Lipinski definition) is 0. The molecule has 1 rings (SSSR count). The third-order valence-corrected chi connectivity index (χ3v) is 2.86. The molecule has 0 radical (unpaired) electrons. The van der Waals surface area contributed by atoms with E-state index < -0.39 is 0 Å². The number of thioether (sulfide) groups is 1. The van der Waals surface area contributed by atoms with Gasteiger partial charge in [0, 0.05) is 5.25 Å². The number of alkyl halides is 1. The third kappa shape index (κ3) is 2.76. The van der Waals surface area contributed by atoms with Crippen LogP contribution in [0.4, 0.5) is 0 Å². The van der Waals surface area contributed by atoms with E-state index in [9.17, 15) is 0 Å². The number of hydrogen-bond acceptors (Lipinski definition) is 1. The van der Waals surface area contributed by atoms with Crippen LogP contribution < -0.4 is 0 Å². The summed E-state index contributed by atoms with van der Waals surface area (Å²) in [5.74, 6) is 0. The van der Waals surface area contributed by atoms with Gasteiger partial charge in [-0.15, -0.1) is 23.4 Å². The maximum atomic E-state index is 5.61. The van der Waals surface area contributed by atoms with Crippen LogP contribution in [0.2, 0.25) is 0 Å². The molecule has 0 aliphatic rings. The lowest BCUT2D eigenvalue weighted by Gasteiger charge is -2.07. The van der Waals surface area contributed by atoms with Crippen LogP contribution in [0, 0.1) is 0 Å². The second-order valence-corrected chi connectivity index (χ2v) is 4.24. The Morgan fingerprint density at radius 3 is 2.55 bits per heavy atom. The van der Waals surface area contributed by atoms with Gasteiger partial charge in [0.25, 0.3) is 0 Å². The van der Waals surface area contributed by atoms with Gasteiger partial charge < -0.3 is 0 Å². The molecule has 0 fully saturated rings. The molecule has 1 unspecified atom stereocenters. The Morgan fingerprint density at radius 2 is 2.00 bits per heavy atom. The van der Waals surface area contributed by atoms with Crippen molar-refractivity contribution in [2.75, 3.05) is 5.21 Å². The van der Waals surface area contributed by atoms with Crippen LogP contribution in [0.3, 0.4) is 0 Å². The lowest BCUT2D eigenvalue weighted by atomic mass is 10.2. The van der Waals surface area contributed by atoms with E-state index in [-0.39, 0.29) is 0 Å². The van der Waals surface area contributed by atoms with E-state index in [1.807, 2.05) is 6.07 Å². The predicted molar refractivity (Wildman–Crippen MR) is 53.2 cm³/mol. The van der Waals surface area contributed by atoms with Gasteiger partial charge in [-0.1, -0.05) is 30.3 Å². The van der Waals surface area contributed by atoms with Crippen molar-refractivity contribution in [3.63, 3.8) is 0 Å². The molecule has 0 saturated carbocycles. The maximum absolute atomic E-state index is 5.61. The highest BCUT2D eigenvalue weighted by Crippen LogP contribution is 2.27. The van der Waals surface area contributed by atoms with Gasteiger partial charge in [0.1, 0.15) is 0 Å². The van der Waals surface area contributed by atoms with Crippen LogP contribution >= 0.6 is 23.4 Å². The van der Waals surface area contributed by atoms with Gasteiger partial charge in [0.05, 0.1) is 5.21 Å². The maximum Gasteiger partial charge on any atom is 0.0686 e. The van der Waals surface area contributed by atoms with Crippen molar-refractivity contribution < 1.29 is 0 Å². The van der Waals surface area contributed by atoms with E-state index in [1.54, 1.807) is 11.8 Å². The van der Waals surface area contributed by atoms with Crippen molar-refractivity contribution in [2.45, 2.75) is 12.2 Å². The first-order valence-corrected chi connectivity index (χ1v) is 5.15. The minimum atomic E-state index is 0.508. The Morgan fingerprint density at radius 1 is 1.36 bits per heavy atom. The van der Waals surface area contributed by atoms with E-state index in [2.05, 4.69) is 31.2 Å². The van der Waals surface area contributed by atoms with Crippen molar-refractivity contribution in [2.24, 2.45) is 0 Å². The molecule has 1 aromatic carbocycles. The van der Waals surface area contributed by atoms with Gasteiger partial charge >= 0.3 is 0 Å². The van der Waals surface area contributed by atoms with Gasteiger partial charge in [-0.05, 0) is 12.5 Å². The number of rotatable bonds is 3. The minimum Gasteiger partial charge on any atom is -0.138 e. The third-order valence-electron chi connectivity index (χ3n) is 1.58. The Bertz CT molecular complexity index is 198. The van der Waals surface area contributed by atoms with E-state index in [1.165, 1.54) is 5.56 Å². The Hall–Kier alpha value is -0.140. The Balaban J connectivity index is 2.61. The van der Waals surface area contributed by atoms with Gasteiger partial charge in [0.15, 0.2) is 0 Å². The second kappa shape index (κ2) is 4.68. The van der Waals surface area contributed by atoms with Crippen LogP contribution in [-0.4, -0.2) is 5.21 Å². The molecule has 0 saturated heterocycles. The van der Waals surface area contributed by atoms with Crippen molar-refractivity contribution in [3.05, 3.63) is 35.9 Å². The molecule has 0 aliphatic heterocycles. The predicted octanol–water partition coefficient (Wildman–Crippen LogP) is 3.68. The van der Waals surface area contributed by atoms with Crippen molar-refractivity contribution in [1.82, 2.24) is 0 Å². The molecule has 11 heavy (non-hydrogen) atoms. The molecule has 0 amide bonds. The summed E-state index contributed by atoms with van der Waals surface area (Å²) in [5, 5.41) is 1.17. The molecular weight excluding hydrogens is 176 g/mol. The summed E-state index contributed by atoms with van der Waals surface area (Å²) >= 11 is 7.36. The zero-order valence-corrected chi connectivity index (χ0v) is 8.03. The quantitative estimate of drug-likeness (QED) is 0.650. The summed E-state index contributed by atoms with van der Waals surface area (Å²) in [5.41, 5.74) is 1.35. The fraction of sp³-hybridized carbons (Fsp3) is 0.333. The van der Waals surface area contributed by atoms with Crippen molar-refractivity contribution in [1.29, 1.82) is 0 Å². The first-order chi connectivity index (χ1) is 5.34. The Kier molecular flexibility index (Phi) is 3.81. The molecule has 60 valence electrons. The zero-order chi connectivity index (χ0) is 8.10. The largest absolute Gasteiger partial charge is 0.138 e. The normalized spacial score (nSPS) is 12.9. The van der Waals surface area contributed by atoms with E-state index in [0.717, 1.165) is 0 Å². The number of benzene rings is 1. The summed E-state index contributed by atoms with van der Waals surface area (Å²) in [6, 6.07) is 10.4. The average Bonchev–Trinajstić information content (AvgIpc) is 2.07. The fourth-order valence-corrected chi connectivity index (χ4v) is 2.02. The Labute approximate surface area is 77.0 Å². The van der Waals surface area contributed by atoms with Crippen LogP contribution in [-0.2, 0) is 0 Å². The van der Waals surface area contributed by atoms with E-state index in [0.29, 0.717) is 10.5 Å². The van der Waals surface area contributed by atoms with Crippen LogP contribution in [0.25, 0.3) is 0 Å². The monoisotopic (exact) mass is 186 g/mol. The second-order valence-electron chi connectivity index (χ2n) is 2.33. The van der Waals surface area contributed by atoms with Gasteiger partial charge in [-0.2, -0.15) is 0 Å². The van der Waals surface area contributed by atoms with E-state index >= 15 is 0 Å². The number of halogens is 1. The highest BCUT2D eigenvalue weighted by Gasteiger charge is 2.02. The smallest absolute Gasteiger partial charge is 0.0686 e. The zero-order valence-electron chi connectivity index (χ0n) is 6.46. The van der Waals surface area contributed by atoms with Gasteiger partial charge in [-0.3, -0.25) is 0 Å². The molecule has 1 atom stereocenters. The highest BCUT2D eigenvalue weighted by molar-refractivity contribution is 8.00. The molecule has 0 spiro atoms. The summed E-state index contributed by atoms with van der Waals surface area (Å²) in [4.78, 5) is 0. The molecule has 2 heteroatoms. The molecule has 0 heterocycles. The summed E-state index contributed by atoms with van der Waals surface area (Å²) in [6.07, 6.45) is 0. The molecule has 0 bridgehead atoms. The average molecular weight is 187 g/mol. The first kappa shape index (κ1) is 8.95. The topological polar surface area (TPSA) is 0 Å². The van der Waals surface area contributed by atoms with Crippen LogP contribution in [0.1, 0.15) is 17.7 Å². The molecule has 0 aliphatic carbocycles. The van der Waals surface area contributed by atoms with Gasteiger partial charge in [0.2, 0.25) is 0 Å². The standard InChI is InChI=1S/C9H11ClS/c1-8(11-7-10)9-5-3-2-4-6-9/h2-6,8H,7H2,1H3. The molecule has 0 aromatic heterocycles. The lowest BCUT2D eigenvalue weighted by Crippen LogP contribution is -1.86. The molecular formula is C9H11ClS. The molecule has 0 N–H and O–H groups in total. The van der Waals surface area contributed by atoms with Crippen molar-refractivity contribution in [3.8, 4) is 0 Å². The van der Waals surface area contributed by atoms with Gasteiger partial charge in [-0.25, -0.2) is 0 Å². The highest BCUT2D eigenvalue weighted by atomic mass is 35.5. The van der Waals surface area contributed by atoms with Crippen molar-refractivity contribution >= 4 is 23.4 Å². The summed E-state index contributed by atoms with van der Waals surface area (Å²) < 4.78 is 0. The minimum absolute atomic E-state index is 0.508. The first-order valence-electron chi connectivity index (χ1n) is 3.57. The SMILES string of the molecule is CC(SCCl)c1ccccc1. The summed E-state index contributed by atoms with van der Waals surface area (Å²) in [6.45, 7) is 2.17. The fourth-order valence-electron chi connectivity index (χ4n) is 0.915.